The Bertz CT molecular complexity index is 1070. The number of nitrogens with zero attached hydrogens (tertiary/aromatic N) is 1. The summed E-state index contributed by atoms with van der Waals surface area (Å²) in [5, 5.41) is 2.18. The van der Waals surface area contributed by atoms with Crippen LogP contribution in [0.3, 0.4) is 0 Å². The van der Waals surface area contributed by atoms with Crippen molar-refractivity contribution in [2.75, 3.05) is 19.8 Å². The SMILES string of the molecule is CCOC(=O)[C@H]1C[C@@]12CN(C(=O)OC(C)(C)C)[C@@H]2CO[Si](c1ccccc1)(c1ccccc1)C(C)(C)C. The predicted octanol–water partition coefficient (Wildman–Crippen LogP) is 4.75. The first-order valence-electron chi connectivity index (χ1n) is 13.3. The molecule has 1 heterocycles. The Balaban J connectivity index is 1.70. The van der Waals surface area contributed by atoms with Gasteiger partial charge in [0.05, 0.1) is 25.2 Å². The van der Waals surface area contributed by atoms with Crippen LogP contribution in [0.1, 0.15) is 54.9 Å². The zero-order valence-corrected chi connectivity index (χ0v) is 24.2. The summed E-state index contributed by atoms with van der Waals surface area (Å²) in [4.78, 5) is 27.6. The van der Waals surface area contributed by atoms with Gasteiger partial charge in [0.2, 0.25) is 0 Å². The number of amides is 1. The van der Waals surface area contributed by atoms with Crippen LogP contribution in [-0.2, 0) is 18.7 Å². The van der Waals surface area contributed by atoms with E-state index in [-0.39, 0.29) is 34.5 Å². The van der Waals surface area contributed by atoms with Gasteiger partial charge in [-0.1, -0.05) is 81.4 Å². The van der Waals surface area contributed by atoms with E-state index < -0.39 is 13.9 Å². The summed E-state index contributed by atoms with van der Waals surface area (Å²) in [5.74, 6) is -0.388. The summed E-state index contributed by atoms with van der Waals surface area (Å²) in [6.45, 7) is 15.3. The third-order valence-electron chi connectivity index (χ3n) is 7.70. The fourth-order valence-corrected chi connectivity index (χ4v) is 10.5. The lowest BCUT2D eigenvalue weighted by molar-refractivity contribution is -0.148. The number of hydrogen-bond acceptors (Lipinski definition) is 5. The Kier molecular flexibility index (Phi) is 7.34. The highest BCUT2D eigenvalue weighted by atomic mass is 28.4. The highest BCUT2D eigenvalue weighted by Gasteiger charge is 2.72. The van der Waals surface area contributed by atoms with Crippen LogP contribution in [0, 0.1) is 11.3 Å². The quantitative estimate of drug-likeness (QED) is 0.387. The van der Waals surface area contributed by atoms with Crippen LogP contribution in [0.2, 0.25) is 5.04 Å². The van der Waals surface area contributed by atoms with Crippen LogP contribution >= 0.6 is 0 Å². The molecule has 1 amide bonds. The molecule has 2 aromatic carbocycles. The molecule has 37 heavy (non-hydrogen) atoms. The molecule has 1 aliphatic carbocycles. The van der Waals surface area contributed by atoms with Crippen molar-refractivity contribution in [3.05, 3.63) is 60.7 Å². The van der Waals surface area contributed by atoms with Crippen LogP contribution in [0.5, 0.6) is 0 Å². The number of carbonyl (C=O) groups is 2. The minimum atomic E-state index is -2.80. The van der Waals surface area contributed by atoms with E-state index in [1.807, 2.05) is 39.8 Å². The van der Waals surface area contributed by atoms with E-state index in [9.17, 15) is 9.59 Å². The Hall–Kier alpha value is -2.64. The molecule has 0 bridgehead atoms. The molecule has 7 heteroatoms. The van der Waals surface area contributed by atoms with Crippen molar-refractivity contribution in [3.63, 3.8) is 0 Å². The van der Waals surface area contributed by atoms with E-state index in [4.69, 9.17) is 13.9 Å². The van der Waals surface area contributed by atoms with E-state index in [0.29, 0.717) is 26.2 Å². The first-order valence-corrected chi connectivity index (χ1v) is 15.2. The lowest BCUT2D eigenvalue weighted by Gasteiger charge is -2.51. The molecule has 200 valence electrons. The molecule has 0 radical (unpaired) electrons. The van der Waals surface area contributed by atoms with Gasteiger partial charge in [-0.15, -0.1) is 0 Å². The van der Waals surface area contributed by atoms with Gasteiger partial charge in [-0.05, 0) is 49.5 Å². The second-order valence-corrected chi connectivity index (χ2v) is 16.6. The predicted molar refractivity (Wildman–Crippen MR) is 147 cm³/mol. The maximum Gasteiger partial charge on any atom is 0.410 e. The Morgan fingerprint density at radius 1 is 0.946 bits per heavy atom. The number of ether oxygens (including phenoxy) is 2. The molecule has 0 unspecified atom stereocenters. The largest absolute Gasteiger partial charge is 0.466 e. The standard InChI is InChI=1S/C30H41NO5Si/c1-8-34-26(32)24-19-30(24)21-31(27(33)36-28(2,3)4)25(30)20-35-37(29(5,6)7,22-15-11-9-12-16-22)23-17-13-10-14-18-23/h9-18,24-25H,8,19-21H2,1-7H3/t24-,25-,30-/m1/s1. The Morgan fingerprint density at radius 2 is 1.49 bits per heavy atom. The number of likely N-dealkylation sites (tertiary alicyclic amines) is 1. The normalized spacial score (nSPS) is 23.4. The average Bonchev–Trinajstić information content (AvgIpc) is 3.58. The molecule has 2 aromatic rings. The maximum absolute atomic E-state index is 13.2. The summed E-state index contributed by atoms with van der Waals surface area (Å²) in [6, 6.07) is 20.7. The molecule has 1 saturated carbocycles. The molecule has 0 N–H and O–H groups in total. The second kappa shape index (κ2) is 9.91. The van der Waals surface area contributed by atoms with Gasteiger partial charge in [0.15, 0.2) is 0 Å². The fraction of sp³-hybridized carbons (Fsp3) is 0.533. The lowest BCUT2D eigenvalue weighted by atomic mass is 9.83. The molecule has 2 aliphatic rings. The van der Waals surface area contributed by atoms with E-state index in [1.54, 1.807) is 4.90 Å². The van der Waals surface area contributed by atoms with E-state index in [1.165, 1.54) is 10.4 Å². The van der Waals surface area contributed by atoms with Gasteiger partial charge in [-0.2, -0.15) is 0 Å². The van der Waals surface area contributed by atoms with Crippen LogP contribution in [0.15, 0.2) is 60.7 Å². The van der Waals surface area contributed by atoms with Gasteiger partial charge in [-0.25, -0.2) is 4.79 Å². The Labute approximate surface area is 222 Å². The van der Waals surface area contributed by atoms with Crippen LogP contribution in [-0.4, -0.2) is 56.7 Å². The molecule has 0 aromatic heterocycles. The summed E-state index contributed by atoms with van der Waals surface area (Å²) in [5.41, 5.74) is -0.915. The van der Waals surface area contributed by atoms with Gasteiger partial charge in [-0.3, -0.25) is 4.79 Å². The Morgan fingerprint density at radius 3 is 1.95 bits per heavy atom. The number of carbonyl (C=O) groups excluding carboxylic acids is 2. The van der Waals surface area contributed by atoms with Gasteiger partial charge in [0.25, 0.3) is 8.32 Å². The van der Waals surface area contributed by atoms with Crippen molar-refractivity contribution in [2.45, 2.75) is 71.6 Å². The summed E-state index contributed by atoms with van der Waals surface area (Å²) in [7, 11) is -2.80. The van der Waals surface area contributed by atoms with Gasteiger partial charge in [0, 0.05) is 12.0 Å². The van der Waals surface area contributed by atoms with Crippen LogP contribution in [0.25, 0.3) is 0 Å². The lowest BCUT2D eigenvalue weighted by Crippen LogP contribution is -2.70. The first kappa shape index (κ1) is 27.4. The van der Waals surface area contributed by atoms with Crippen molar-refractivity contribution >= 4 is 30.8 Å². The molecule has 1 aliphatic heterocycles. The highest BCUT2D eigenvalue weighted by molar-refractivity contribution is 6.99. The fourth-order valence-electron chi connectivity index (χ4n) is 5.89. The minimum absolute atomic E-state index is 0.179. The zero-order chi connectivity index (χ0) is 27.1. The highest BCUT2D eigenvalue weighted by Crippen LogP contribution is 2.63. The smallest absolute Gasteiger partial charge is 0.410 e. The van der Waals surface area contributed by atoms with E-state index >= 15 is 0 Å². The van der Waals surface area contributed by atoms with Gasteiger partial charge >= 0.3 is 12.1 Å². The molecule has 4 rings (SSSR count). The van der Waals surface area contributed by atoms with Crippen molar-refractivity contribution < 1.29 is 23.5 Å². The molecular weight excluding hydrogens is 482 g/mol. The van der Waals surface area contributed by atoms with Crippen molar-refractivity contribution in [3.8, 4) is 0 Å². The molecule has 1 saturated heterocycles. The summed E-state index contributed by atoms with van der Waals surface area (Å²) < 4.78 is 18.3. The van der Waals surface area contributed by atoms with E-state index in [2.05, 4.69) is 69.3 Å². The van der Waals surface area contributed by atoms with Crippen molar-refractivity contribution in [1.29, 1.82) is 0 Å². The second-order valence-electron chi connectivity index (χ2n) is 12.3. The third-order valence-corrected chi connectivity index (χ3v) is 12.7. The molecule has 1 spiro atoms. The number of benzene rings is 2. The van der Waals surface area contributed by atoms with Gasteiger partial charge < -0.3 is 18.8 Å². The van der Waals surface area contributed by atoms with E-state index in [0.717, 1.165) is 0 Å². The third kappa shape index (κ3) is 5.08. The number of rotatable bonds is 7. The molecule has 6 nitrogen and oxygen atoms in total. The van der Waals surface area contributed by atoms with Gasteiger partial charge in [0.1, 0.15) is 5.60 Å². The summed E-state index contributed by atoms with van der Waals surface area (Å²) in [6.07, 6.45) is 0.351. The molecule has 2 fully saturated rings. The molecular formula is C30H41NO5Si. The average molecular weight is 524 g/mol. The number of hydrogen-bond donors (Lipinski definition) is 0. The molecule has 3 atom stereocenters. The van der Waals surface area contributed by atoms with Crippen LogP contribution in [0.4, 0.5) is 4.79 Å². The monoisotopic (exact) mass is 523 g/mol. The summed E-state index contributed by atoms with van der Waals surface area (Å²) >= 11 is 0. The van der Waals surface area contributed by atoms with Crippen molar-refractivity contribution in [1.82, 2.24) is 4.90 Å². The minimum Gasteiger partial charge on any atom is -0.466 e. The number of esters is 1. The van der Waals surface area contributed by atoms with Crippen molar-refractivity contribution in [2.24, 2.45) is 11.3 Å². The maximum atomic E-state index is 13.2. The van der Waals surface area contributed by atoms with Crippen LogP contribution < -0.4 is 10.4 Å². The zero-order valence-electron chi connectivity index (χ0n) is 23.2. The first-order chi connectivity index (χ1) is 17.4. The topological polar surface area (TPSA) is 65.1 Å².